The molecule has 5 nitrogen and oxygen atoms in total. The van der Waals surface area contributed by atoms with Gasteiger partial charge in [-0.25, -0.2) is 4.98 Å². The third-order valence-electron chi connectivity index (χ3n) is 6.11. The molecule has 0 amide bonds. The summed E-state index contributed by atoms with van der Waals surface area (Å²) in [6.45, 7) is 9.06. The van der Waals surface area contributed by atoms with Gasteiger partial charge in [0, 0.05) is 55.2 Å². The monoisotopic (exact) mass is 411 g/mol. The molecule has 1 aromatic heterocycles. The van der Waals surface area contributed by atoms with E-state index >= 15 is 0 Å². The van der Waals surface area contributed by atoms with Gasteiger partial charge in [-0.05, 0) is 44.5 Å². The van der Waals surface area contributed by atoms with Gasteiger partial charge in [-0.1, -0.05) is 24.8 Å². The van der Waals surface area contributed by atoms with Gasteiger partial charge in [0.05, 0.1) is 11.1 Å². The molecule has 29 heavy (non-hydrogen) atoms. The molecule has 1 aromatic rings. The largest absolute Gasteiger partial charge is 0.377 e. The minimum atomic E-state index is 0.0273. The molecule has 4 rings (SSSR count). The Morgan fingerprint density at radius 2 is 2.14 bits per heavy atom. The van der Waals surface area contributed by atoms with Crippen molar-refractivity contribution < 1.29 is 0 Å². The van der Waals surface area contributed by atoms with Gasteiger partial charge in [-0.15, -0.1) is 11.6 Å². The van der Waals surface area contributed by atoms with Crippen molar-refractivity contribution in [3.63, 3.8) is 0 Å². The number of halogens is 1. The molecule has 6 heteroatoms. The molecule has 0 radical (unpaired) electrons. The van der Waals surface area contributed by atoms with Crippen LogP contribution in [0.4, 0.5) is 0 Å². The second-order valence-electron chi connectivity index (χ2n) is 8.12. The molecule has 2 atom stereocenters. The minimum absolute atomic E-state index is 0.0273. The number of alkyl halides is 1. The fraction of sp³-hybridized carbons (Fsp3) is 0.478. The summed E-state index contributed by atoms with van der Waals surface area (Å²) in [5.41, 5.74) is 5.39. The third kappa shape index (κ3) is 4.41. The van der Waals surface area contributed by atoms with E-state index in [0.29, 0.717) is 6.04 Å². The SMILES string of the molecule is C=CC(=CN(C)C1CCNCC1)C1C=C(c2nc3c([nH]2)CC(Cl)C=C3)C(C)=NC1. The van der Waals surface area contributed by atoms with Crippen LogP contribution in [-0.2, 0) is 6.42 Å². The first-order valence-electron chi connectivity index (χ1n) is 10.5. The molecule has 154 valence electrons. The highest BCUT2D eigenvalue weighted by atomic mass is 35.5. The molecule has 3 heterocycles. The molecular weight excluding hydrogens is 382 g/mol. The van der Waals surface area contributed by atoms with Crippen LogP contribution >= 0.6 is 11.6 Å². The van der Waals surface area contributed by atoms with E-state index in [0.717, 1.165) is 54.6 Å². The van der Waals surface area contributed by atoms with Gasteiger partial charge in [-0.3, -0.25) is 4.99 Å². The number of hydrogen-bond donors (Lipinski definition) is 2. The van der Waals surface area contributed by atoms with Crippen LogP contribution in [0.2, 0.25) is 0 Å². The number of aliphatic imine (C=N–C) groups is 1. The number of imidazole rings is 1. The Labute approximate surface area is 178 Å². The van der Waals surface area contributed by atoms with Gasteiger partial charge in [0.15, 0.2) is 0 Å². The average Bonchev–Trinajstić information content (AvgIpc) is 3.16. The zero-order valence-corrected chi connectivity index (χ0v) is 18.0. The number of rotatable bonds is 5. The van der Waals surface area contributed by atoms with E-state index < -0.39 is 0 Å². The van der Waals surface area contributed by atoms with E-state index in [2.05, 4.69) is 48.0 Å². The first kappa shape index (κ1) is 20.2. The molecule has 0 spiro atoms. The summed E-state index contributed by atoms with van der Waals surface area (Å²) in [5.74, 6) is 1.08. The minimum Gasteiger partial charge on any atom is -0.377 e. The highest BCUT2D eigenvalue weighted by molar-refractivity contribution is 6.23. The van der Waals surface area contributed by atoms with E-state index in [1.165, 1.54) is 18.4 Å². The zero-order chi connectivity index (χ0) is 20.4. The number of nitrogens with zero attached hydrogens (tertiary/aromatic N) is 3. The molecule has 0 bridgehead atoms. The normalized spacial score (nSPS) is 25.3. The van der Waals surface area contributed by atoms with Crippen LogP contribution in [-0.4, -0.2) is 58.7 Å². The number of dihydropyridines is 1. The number of piperidine rings is 1. The number of allylic oxidation sites excluding steroid dienone is 3. The summed E-state index contributed by atoms with van der Waals surface area (Å²) >= 11 is 6.26. The van der Waals surface area contributed by atoms with Crippen LogP contribution in [0.5, 0.6) is 0 Å². The van der Waals surface area contributed by atoms with Gasteiger partial charge in [0.2, 0.25) is 0 Å². The summed E-state index contributed by atoms with van der Waals surface area (Å²) in [4.78, 5) is 15.4. The fourth-order valence-corrected chi connectivity index (χ4v) is 4.53. The molecule has 3 aliphatic rings. The molecule has 2 aliphatic heterocycles. The summed E-state index contributed by atoms with van der Waals surface area (Å²) < 4.78 is 0. The number of aromatic amines is 1. The number of hydrogen-bond acceptors (Lipinski definition) is 4. The lowest BCUT2D eigenvalue weighted by atomic mass is 9.92. The molecule has 1 saturated heterocycles. The summed E-state index contributed by atoms with van der Waals surface area (Å²) in [7, 11) is 2.18. The third-order valence-corrected chi connectivity index (χ3v) is 6.41. The zero-order valence-electron chi connectivity index (χ0n) is 17.3. The average molecular weight is 412 g/mol. The van der Waals surface area contributed by atoms with Crippen LogP contribution in [0.15, 0.2) is 41.6 Å². The fourth-order valence-electron chi connectivity index (χ4n) is 4.30. The number of fused-ring (bicyclic) bond motifs is 1. The molecule has 2 N–H and O–H groups in total. The van der Waals surface area contributed by atoms with Crippen LogP contribution in [0.3, 0.4) is 0 Å². The lowest BCUT2D eigenvalue weighted by molar-refractivity contribution is 0.262. The predicted molar refractivity (Wildman–Crippen MR) is 122 cm³/mol. The first-order chi connectivity index (χ1) is 14.0. The summed E-state index contributed by atoms with van der Waals surface area (Å²) in [6.07, 6.45) is 13.7. The molecule has 1 aliphatic carbocycles. The highest BCUT2D eigenvalue weighted by Gasteiger charge is 2.24. The van der Waals surface area contributed by atoms with Gasteiger partial charge in [0.25, 0.3) is 0 Å². The van der Waals surface area contributed by atoms with Gasteiger partial charge >= 0.3 is 0 Å². The van der Waals surface area contributed by atoms with Gasteiger partial charge in [-0.2, -0.15) is 0 Å². The van der Waals surface area contributed by atoms with Crippen molar-refractivity contribution in [1.82, 2.24) is 20.2 Å². The van der Waals surface area contributed by atoms with Gasteiger partial charge < -0.3 is 15.2 Å². The predicted octanol–water partition coefficient (Wildman–Crippen LogP) is 3.81. The van der Waals surface area contributed by atoms with Gasteiger partial charge in [0.1, 0.15) is 5.82 Å². The molecule has 2 unspecified atom stereocenters. The van der Waals surface area contributed by atoms with Crippen LogP contribution < -0.4 is 5.32 Å². The van der Waals surface area contributed by atoms with E-state index in [4.69, 9.17) is 21.6 Å². The Morgan fingerprint density at radius 1 is 1.34 bits per heavy atom. The van der Waals surface area contributed by atoms with Crippen LogP contribution in [0, 0.1) is 5.92 Å². The number of nitrogens with one attached hydrogen (secondary N) is 2. The quantitative estimate of drug-likeness (QED) is 0.572. The Bertz CT molecular complexity index is 885. The second kappa shape index (κ2) is 8.72. The van der Waals surface area contributed by atoms with Crippen molar-refractivity contribution in [2.24, 2.45) is 10.9 Å². The van der Waals surface area contributed by atoms with E-state index in [1.54, 1.807) is 0 Å². The Morgan fingerprint density at radius 3 is 2.90 bits per heavy atom. The maximum Gasteiger partial charge on any atom is 0.139 e. The topological polar surface area (TPSA) is 56.3 Å². The maximum absolute atomic E-state index is 6.26. The molecular formula is C23H30ClN5. The van der Waals surface area contributed by atoms with Crippen molar-refractivity contribution in [2.45, 2.75) is 37.6 Å². The number of aromatic nitrogens is 2. The Kier molecular flexibility index (Phi) is 6.07. The van der Waals surface area contributed by atoms with E-state index in [1.807, 2.05) is 18.2 Å². The Balaban J connectivity index is 1.58. The number of H-pyrrole nitrogens is 1. The summed E-state index contributed by atoms with van der Waals surface area (Å²) in [6, 6.07) is 0.579. The van der Waals surface area contributed by atoms with Crippen molar-refractivity contribution in [3.8, 4) is 0 Å². The molecule has 0 aromatic carbocycles. The maximum atomic E-state index is 6.26. The van der Waals surface area contributed by atoms with Crippen LogP contribution in [0.25, 0.3) is 11.6 Å². The van der Waals surface area contributed by atoms with Crippen LogP contribution in [0.1, 0.15) is 37.0 Å². The second-order valence-corrected chi connectivity index (χ2v) is 8.68. The molecule has 1 fully saturated rings. The smallest absolute Gasteiger partial charge is 0.139 e. The van der Waals surface area contributed by atoms with E-state index in [9.17, 15) is 0 Å². The lowest BCUT2D eigenvalue weighted by Gasteiger charge is -2.32. The summed E-state index contributed by atoms with van der Waals surface area (Å²) in [5, 5.41) is 3.46. The first-order valence-corrected chi connectivity index (χ1v) is 10.9. The molecule has 0 saturated carbocycles. The van der Waals surface area contributed by atoms with Crippen molar-refractivity contribution >= 4 is 29.0 Å². The standard InChI is InChI=1S/C23H30ClN5/c1-4-16(14-29(3)19-7-9-25-10-8-19)17-11-20(15(2)26-13-17)23-27-21-6-5-18(24)12-22(21)28-23/h4-6,11,14,17-19,25H,1,7-10,12-13H2,2-3H3,(H,27,28). The van der Waals surface area contributed by atoms with E-state index in [-0.39, 0.29) is 11.3 Å². The van der Waals surface area contributed by atoms with Crippen molar-refractivity contribution in [3.05, 3.63) is 53.8 Å². The van der Waals surface area contributed by atoms with Crippen molar-refractivity contribution in [1.29, 1.82) is 0 Å². The Hall–Kier alpha value is -2.11. The highest BCUT2D eigenvalue weighted by Crippen LogP contribution is 2.29. The lowest BCUT2D eigenvalue weighted by Crippen LogP contribution is -2.39. The van der Waals surface area contributed by atoms with Crippen molar-refractivity contribution in [2.75, 3.05) is 26.7 Å².